The topological polar surface area (TPSA) is 60.2 Å². The molecule has 18 heavy (non-hydrogen) atoms. The molecule has 0 spiro atoms. The lowest BCUT2D eigenvalue weighted by atomic mass is 10.3. The summed E-state index contributed by atoms with van der Waals surface area (Å²) in [6, 6.07) is 5.65. The average molecular weight is 247 g/mol. The van der Waals surface area contributed by atoms with Crippen LogP contribution in [0.2, 0.25) is 0 Å². The van der Waals surface area contributed by atoms with Crippen LogP contribution in [0.1, 0.15) is 24.8 Å². The molecular formula is C13H17N3O2. The van der Waals surface area contributed by atoms with Crippen LogP contribution in [-0.4, -0.2) is 16.7 Å². The first-order valence-corrected chi connectivity index (χ1v) is 6.03. The van der Waals surface area contributed by atoms with Crippen molar-refractivity contribution in [2.45, 2.75) is 26.8 Å². The van der Waals surface area contributed by atoms with Crippen LogP contribution in [0.4, 0.5) is 5.82 Å². The zero-order valence-electron chi connectivity index (χ0n) is 10.6. The van der Waals surface area contributed by atoms with E-state index in [1.807, 2.05) is 25.1 Å². The van der Waals surface area contributed by atoms with Gasteiger partial charge in [0.05, 0.1) is 18.8 Å². The van der Waals surface area contributed by atoms with Gasteiger partial charge in [-0.05, 0) is 25.5 Å². The van der Waals surface area contributed by atoms with Crippen molar-refractivity contribution in [3.05, 3.63) is 35.9 Å². The van der Waals surface area contributed by atoms with Crippen molar-refractivity contribution in [3.8, 4) is 5.75 Å². The number of ether oxygens (including phenoxy) is 1. The Balaban J connectivity index is 1.99. The van der Waals surface area contributed by atoms with Crippen molar-refractivity contribution in [2.24, 2.45) is 0 Å². The first kappa shape index (κ1) is 12.4. The zero-order valence-corrected chi connectivity index (χ0v) is 10.6. The average Bonchev–Trinajstić information content (AvgIpc) is 2.81. The van der Waals surface area contributed by atoms with Crippen LogP contribution < -0.4 is 10.1 Å². The first-order valence-electron chi connectivity index (χ1n) is 6.03. The summed E-state index contributed by atoms with van der Waals surface area (Å²) in [6.45, 7) is 5.19. The van der Waals surface area contributed by atoms with Crippen molar-refractivity contribution in [2.75, 3.05) is 11.9 Å². The third-order valence-corrected chi connectivity index (χ3v) is 2.34. The van der Waals surface area contributed by atoms with Crippen LogP contribution >= 0.6 is 0 Å². The molecule has 96 valence electrons. The Labute approximate surface area is 106 Å². The molecule has 0 aliphatic rings. The SMILES string of the molecule is CCCOc1cccnc1NCc1cc(C)no1. The number of rotatable bonds is 6. The van der Waals surface area contributed by atoms with Gasteiger partial charge in [0, 0.05) is 12.3 Å². The molecule has 2 rings (SSSR count). The summed E-state index contributed by atoms with van der Waals surface area (Å²) in [5.74, 6) is 2.26. The van der Waals surface area contributed by atoms with E-state index in [-0.39, 0.29) is 0 Å². The second-order valence-electron chi connectivity index (χ2n) is 3.99. The smallest absolute Gasteiger partial charge is 0.169 e. The maximum Gasteiger partial charge on any atom is 0.169 e. The summed E-state index contributed by atoms with van der Waals surface area (Å²) in [5.41, 5.74) is 0.871. The van der Waals surface area contributed by atoms with E-state index in [4.69, 9.17) is 9.26 Å². The lowest BCUT2D eigenvalue weighted by molar-refractivity contribution is 0.317. The highest BCUT2D eigenvalue weighted by molar-refractivity contribution is 5.49. The maximum absolute atomic E-state index is 5.61. The number of nitrogens with zero attached hydrogens (tertiary/aromatic N) is 2. The van der Waals surface area contributed by atoms with E-state index < -0.39 is 0 Å². The molecular weight excluding hydrogens is 230 g/mol. The first-order chi connectivity index (χ1) is 8.79. The normalized spacial score (nSPS) is 10.3. The Morgan fingerprint density at radius 2 is 2.33 bits per heavy atom. The minimum atomic E-state index is 0.542. The number of aryl methyl sites for hydroxylation is 1. The molecule has 2 aromatic heterocycles. The molecule has 0 bridgehead atoms. The van der Waals surface area contributed by atoms with Gasteiger partial charge in [-0.3, -0.25) is 0 Å². The summed E-state index contributed by atoms with van der Waals surface area (Å²) in [7, 11) is 0. The molecule has 0 amide bonds. The number of nitrogens with one attached hydrogen (secondary N) is 1. The lowest BCUT2D eigenvalue weighted by Crippen LogP contribution is -2.04. The monoisotopic (exact) mass is 247 g/mol. The molecule has 1 N–H and O–H groups in total. The standard InChI is InChI=1S/C13H17N3O2/c1-3-7-17-12-5-4-6-14-13(12)15-9-11-8-10(2)16-18-11/h4-6,8H,3,7,9H2,1-2H3,(H,14,15). The maximum atomic E-state index is 5.61. The Hall–Kier alpha value is -2.04. The van der Waals surface area contributed by atoms with Crippen molar-refractivity contribution in [1.29, 1.82) is 0 Å². The largest absolute Gasteiger partial charge is 0.490 e. The van der Waals surface area contributed by atoms with E-state index in [0.717, 1.165) is 29.4 Å². The molecule has 5 heteroatoms. The summed E-state index contributed by atoms with van der Waals surface area (Å²) < 4.78 is 10.7. The summed E-state index contributed by atoms with van der Waals surface area (Å²) in [4.78, 5) is 4.26. The minimum absolute atomic E-state index is 0.542. The molecule has 0 saturated heterocycles. The molecule has 0 saturated carbocycles. The van der Waals surface area contributed by atoms with E-state index in [9.17, 15) is 0 Å². The Morgan fingerprint density at radius 3 is 3.06 bits per heavy atom. The van der Waals surface area contributed by atoms with Gasteiger partial charge in [-0.2, -0.15) is 0 Å². The highest BCUT2D eigenvalue weighted by atomic mass is 16.5. The summed E-state index contributed by atoms with van der Waals surface area (Å²) >= 11 is 0. The van der Waals surface area contributed by atoms with E-state index >= 15 is 0 Å². The van der Waals surface area contributed by atoms with Gasteiger partial charge in [0.2, 0.25) is 0 Å². The number of hydrogen-bond donors (Lipinski definition) is 1. The van der Waals surface area contributed by atoms with Crippen LogP contribution in [0, 0.1) is 6.92 Å². The number of hydrogen-bond acceptors (Lipinski definition) is 5. The lowest BCUT2D eigenvalue weighted by Gasteiger charge is -2.10. The second-order valence-corrected chi connectivity index (χ2v) is 3.99. The molecule has 2 heterocycles. The van der Waals surface area contributed by atoms with E-state index in [0.29, 0.717) is 13.2 Å². The van der Waals surface area contributed by atoms with Crippen molar-refractivity contribution >= 4 is 5.82 Å². The van der Waals surface area contributed by atoms with Crippen molar-refractivity contribution < 1.29 is 9.26 Å². The van der Waals surface area contributed by atoms with Crippen LogP contribution in [0.25, 0.3) is 0 Å². The van der Waals surface area contributed by atoms with Crippen LogP contribution in [0.3, 0.4) is 0 Å². The Morgan fingerprint density at radius 1 is 1.44 bits per heavy atom. The summed E-state index contributed by atoms with van der Waals surface area (Å²) in [5, 5.41) is 7.02. The highest BCUT2D eigenvalue weighted by Crippen LogP contribution is 2.21. The highest BCUT2D eigenvalue weighted by Gasteiger charge is 2.06. The predicted molar refractivity (Wildman–Crippen MR) is 68.6 cm³/mol. The predicted octanol–water partition coefficient (Wildman–Crippen LogP) is 2.78. The summed E-state index contributed by atoms with van der Waals surface area (Å²) in [6.07, 6.45) is 2.70. The Bertz CT molecular complexity index is 496. The number of aromatic nitrogens is 2. The second kappa shape index (κ2) is 6.05. The molecule has 0 radical (unpaired) electrons. The van der Waals surface area contributed by atoms with Crippen LogP contribution in [0.15, 0.2) is 28.9 Å². The molecule has 0 unspecified atom stereocenters. The molecule has 0 aromatic carbocycles. The third-order valence-electron chi connectivity index (χ3n) is 2.34. The van der Waals surface area contributed by atoms with Gasteiger partial charge in [-0.15, -0.1) is 0 Å². The van der Waals surface area contributed by atoms with Gasteiger partial charge in [0.15, 0.2) is 17.3 Å². The van der Waals surface area contributed by atoms with E-state index in [1.165, 1.54) is 0 Å². The Kier molecular flexibility index (Phi) is 4.17. The number of pyridine rings is 1. The van der Waals surface area contributed by atoms with Crippen LogP contribution in [-0.2, 0) is 6.54 Å². The molecule has 0 fully saturated rings. The van der Waals surface area contributed by atoms with Gasteiger partial charge in [0.1, 0.15) is 0 Å². The number of anilines is 1. The fourth-order valence-electron chi connectivity index (χ4n) is 1.52. The minimum Gasteiger partial charge on any atom is -0.490 e. The molecule has 2 aromatic rings. The fourth-order valence-corrected chi connectivity index (χ4v) is 1.52. The molecule has 0 aliphatic carbocycles. The fraction of sp³-hybridized carbons (Fsp3) is 0.385. The van der Waals surface area contributed by atoms with Gasteiger partial charge in [-0.1, -0.05) is 12.1 Å². The van der Waals surface area contributed by atoms with Gasteiger partial charge < -0.3 is 14.6 Å². The van der Waals surface area contributed by atoms with Gasteiger partial charge >= 0.3 is 0 Å². The molecule has 0 aliphatic heterocycles. The quantitative estimate of drug-likeness (QED) is 0.850. The van der Waals surface area contributed by atoms with Gasteiger partial charge in [0.25, 0.3) is 0 Å². The zero-order chi connectivity index (χ0) is 12.8. The van der Waals surface area contributed by atoms with Crippen molar-refractivity contribution in [3.63, 3.8) is 0 Å². The van der Waals surface area contributed by atoms with Crippen molar-refractivity contribution in [1.82, 2.24) is 10.1 Å². The van der Waals surface area contributed by atoms with E-state index in [2.05, 4.69) is 22.4 Å². The van der Waals surface area contributed by atoms with Crippen LogP contribution in [0.5, 0.6) is 5.75 Å². The molecule has 5 nitrogen and oxygen atoms in total. The third kappa shape index (κ3) is 3.23. The van der Waals surface area contributed by atoms with E-state index in [1.54, 1.807) is 6.20 Å². The van der Waals surface area contributed by atoms with Gasteiger partial charge in [-0.25, -0.2) is 4.98 Å². The molecule has 0 atom stereocenters.